The van der Waals surface area contributed by atoms with Crippen LogP contribution in [-0.2, 0) is 28.9 Å². The minimum atomic E-state index is -0.209. The zero-order valence-corrected chi connectivity index (χ0v) is 13.5. The van der Waals surface area contributed by atoms with Crippen molar-refractivity contribution >= 4 is 27.5 Å². The molecule has 1 N–H and O–H groups in total. The first kappa shape index (κ1) is 15.2. The van der Waals surface area contributed by atoms with Crippen LogP contribution in [-0.4, -0.2) is 35.2 Å². The minimum absolute atomic E-state index is 0.0134. The molecule has 7 heteroatoms. The third-order valence-corrected chi connectivity index (χ3v) is 5.03. The van der Waals surface area contributed by atoms with E-state index in [1.165, 1.54) is 15.8 Å². The van der Waals surface area contributed by atoms with E-state index in [2.05, 4.69) is 10.3 Å². The Morgan fingerprint density at radius 1 is 1.55 bits per heavy atom. The molecule has 0 fully saturated rings. The number of thiophene rings is 1. The maximum absolute atomic E-state index is 12.6. The van der Waals surface area contributed by atoms with Gasteiger partial charge in [0.05, 0.1) is 18.3 Å². The van der Waals surface area contributed by atoms with Crippen molar-refractivity contribution < 1.29 is 9.53 Å². The molecule has 1 amide bonds. The molecule has 0 radical (unpaired) electrons. The highest BCUT2D eigenvalue weighted by Crippen LogP contribution is 2.34. The van der Waals surface area contributed by atoms with Gasteiger partial charge in [0, 0.05) is 18.0 Å². The van der Waals surface area contributed by atoms with Gasteiger partial charge in [0.25, 0.3) is 5.56 Å². The maximum atomic E-state index is 12.6. The van der Waals surface area contributed by atoms with Gasteiger partial charge in [-0.1, -0.05) is 0 Å². The van der Waals surface area contributed by atoms with Crippen LogP contribution >= 0.6 is 11.3 Å². The number of nitrogens with one attached hydrogen (secondary N) is 1. The minimum Gasteiger partial charge on any atom is -0.383 e. The van der Waals surface area contributed by atoms with Crippen molar-refractivity contribution in [2.24, 2.45) is 0 Å². The molecule has 22 heavy (non-hydrogen) atoms. The molecule has 1 aliphatic carbocycles. The summed E-state index contributed by atoms with van der Waals surface area (Å²) >= 11 is 1.60. The molecular weight excluding hydrogens is 302 g/mol. The zero-order valence-electron chi connectivity index (χ0n) is 12.7. The average molecular weight is 321 g/mol. The first-order valence-corrected chi connectivity index (χ1v) is 8.19. The fourth-order valence-electron chi connectivity index (χ4n) is 2.90. The van der Waals surface area contributed by atoms with Gasteiger partial charge in [-0.15, -0.1) is 11.3 Å². The van der Waals surface area contributed by atoms with Crippen LogP contribution in [0.3, 0.4) is 0 Å². The van der Waals surface area contributed by atoms with Crippen LogP contribution < -0.4 is 10.9 Å². The lowest BCUT2D eigenvalue weighted by molar-refractivity contribution is -0.122. The van der Waals surface area contributed by atoms with Crippen molar-refractivity contribution in [3.63, 3.8) is 0 Å². The molecular formula is C15H19N3O3S. The first-order valence-electron chi connectivity index (χ1n) is 7.38. The van der Waals surface area contributed by atoms with Crippen molar-refractivity contribution in [3.8, 4) is 0 Å². The van der Waals surface area contributed by atoms with Crippen LogP contribution in [0.4, 0.5) is 0 Å². The van der Waals surface area contributed by atoms with Gasteiger partial charge in [0.15, 0.2) is 0 Å². The Balaban J connectivity index is 1.84. The maximum Gasteiger partial charge on any atom is 0.262 e. The molecule has 0 saturated heterocycles. The number of fused-ring (bicyclic) bond motifs is 3. The fourth-order valence-corrected chi connectivity index (χ4v) is 4.12. The van der Waals surface area contributed by atoms with Crippen LogP contribution in [0, 0.1) is 0 Å². The fraction of sp³-hybridized carbons (Fsp3) is 0.533. The smallest absolute Gasteiger partial charge is 0.262 e. The molecule has 2 aromatic heterocycles. The lowest BCUT2D eigenvalue weighted by atomic mass is 10.2. The Kier molecular flexibility index (Phi) is 4.26. The predicted octanol–water partition coefficient (Wildman–Crippen LogP) is 1.10. The van der Waals surface area contributed by atoms with Crippen molar-refractivity contribution in [1.29, 1.82) is 0 Å². The first-order chi connectivity index (χ1) is 10.6. The summed E-state index contributed by atoms with van der Waals surface area (Å²) in [5.41, 5.74) is 1.03. The van der Waals surface area contributed by atoms with Crippen molar-refractivity contribution in [2.75, 3.05) is 13.7 Å². The largest absolute Gasteiger partial charge is 0.383 e. The third kappa shape index (κ3) is 2.78. The number of methoxy groups -OCH3 is 1. The van der Waals surface area contributed by atoms with Gasteiger partial charge in [-0.2, -0.15) is 0 Å². The van der Waals surface area contributed by atoms with E-state index in [0.29, 0.717) is 12.0 Å². The number of nitrogens with zero attached hydrogens (tertiary/aromatic N) is 2. The Bertz CT molecular complexity index is 765. The number of amides is 1. The summed E-state index contributed by atoms with van der Waals surface area (Å²) in [6.45, 7) is 2.29. The molecule has 118 valence electrons. The van der Waals surface area contributed by atoms with Gasteiger partial charge in [0.2, 0.25) is 5.91 Å². The van der Waals surface area contributed by atoms with Gasteiger partial charge in [-0.05, 0) is 31.7 Å². The number of carbonyl (C=O) groups is 1. The summed E-state index contributed by atoms with van der Waals surface area (Å²) in [6, 6.07) is -0.0877. The monoisotopic (exact) mass is 321 g/mol. The van der Waals surface area contributed by atoms with Crippen LogP contribution in [0.15, 0.2) is 11.1 Å². The van der Waals surface area contributed by atoms with Crippen molar-refractivity contribution in [3.05, 3.63) is 27.1 Å². The highest BCUT2D eigenvalue weighted by atomic mass is 32.1. The van der Waals surface area contributed by atoms with Crippen LogP contribution in [0.1, 0.15) is 23.8 Å². The second-order valence-corrected chi connectivity index (χ2v) is 6.72. The van der Waals surface area contributed by atoms with Crippen molar-refractivity contribution in [2.45, 2.75) is 38.8 Å². The second-order valence-electron chi connectivity index (χ2n) is 5.64. The molecule has 0 aliphatic heterocycles. The highest BCUT2D eigenvalue weighted by Gasteiger charge is 2.21. The molecule has 2 heterocycles. The van der Waals surface area contributed by atoms with Crippen LogP contribution in [0.25, 0.3) is 10.2 Å². The Labute approximate surface area is 132 Å². The van der Waals surface area contributed by atoms with E-state index in [0.717, 1.165) is 29.7 Å². The SMILES string of the molecule is COC[C@H](C)NC(=O)Cn1cnc2sc3c(c2c1=O)CCC3. The van der Waals surface area contributed by atoms with E-state index in [1.807, 2.05) is 6.92 Å². The van der Waals surface area contributed by atoms with E-state index >= 15 is 0 Å². The lowest BCUT2D eigenvalue weighted by Gasteiger charge is -2.13. The van der Waals surface area contributed by atoms with Gasteiger partial charge in [-0.3, -0.25) is 14.2 Å². The van der Waals surface area contributed by atoms with Crippen molar-refractivity contribution in [1.82, 2.24) is 14.9 Å². The molecule has 1 atom stereocenters. The third-order valence-electron chi connectivity index (χ3n) is 3.83. The molecule has 6 nitrogen and oxygen atoms in total. The number of aromatic nitrogens is 2. The van der Waals surface area contributed by atoms with Gasteiger partial charge in [-0.25, -0.2) is 4.98 Å². The van der Waals surface area contributed by atoms with Crippen LogP contribution in [0.5, 0.6) is 0 Å². The van der Waals surface area contributed by atoms with Gasteiger partial charge in [0.1, 0.15) is 11.4 Å². The summed E-state index contributed by atoms with van der Waals surface area (Å²) < 4.78 is 6.37. The van der Waals surface area contributed by atoms with Crippen LogP contribution in [0.2, 0.25) is 0 Å². The molecule has 3 rings (SSSR count). The van der Waals surface area contributed by atoms with Gasteiger partial charge < -0.3 is 10.1 Å². The summed E-state index contributed by atoms with van der Waals surface area (Å²) in [5.74, 6) is -0.209. The number of hydrogen-bond donors (Lipinski definition) is 1. The Morgan fingerprint density at radius 2 is 2.36 bits per heavy atom. The molecule has 0 aromatic carbocycles. The topological polar surface area (TPSA) is 73.2 Å². The number of hydrogen-bond acceptors (Lipinski definition) is 5. The Morgan fingerprint density at radius 3 is 3.14 bits per heavy atom. The van der Waals surface area contributed by atoms with E-state index in [-0.39, 0.29) is 24.1 Å². The average Bonchev–Trinajstić information content (AvgIpc) is 3.02. The van der Waals surface area contributed by atoms with E-state index in [1.54, 1.807) is 18.4 Å². The molecule has 0 spiro atoms. The van der Waals surface area contributed by atoms with Gasteiger partial charge >= 0.3 is 0 Å². The summed E-state index contributed by atoms with van der Waals surface area (Å²) in [5, 5.41) is 3.51. The highest BCUT2D eigenvalue weighted by molar-refractivity contribution is 7.18. The lowest BCUT2D eigenvalue weighted by Crippen LogP contribution is -2.39. The zero-order chi connectivity index (χ0) is 15.7. The molecule has 0 unspecified atom stereocenters. The number of rotatable bonds is 5. The predicted molar refractivity (Wildman–Crippen MR) is 85.4 cm³/mol. The summed E-state index contributed by atoms with van der Waals surface area (Å²) in [4.78, 5) is 31.0. The number of aryl methyl sites for hydroxylation is 2. The molecule has 2 aromatic rings. The molecule has 0 saturated carbocycles. The molecule has 0 bridgehead atoms. The normalized spacial score (nSPS) is 15.0. The summed E-state index contributed by atoms with van der Waals surface area (Å²) in [7, 11) is 1.59. The van der Waals surface area contributed by atoms with E-state index in [4.69, 9.17) is 4.74 Å². The summed E-state index contributed by atoms with van der Waals surface area (Å²) in [6.07, 6.45) is 4.54. The van der Waals surface area contributed by atoms with E-state index < -0.39 is 0 Å². The standard InChI is InChI=1S/C15H19N3O3S/c1-9(7-21-2)17-12(19)6-18-8-16-14-13(15(18)20)10-4-3-5-11(10)22-14/h8-9H,3-7H2,1-2H3,(H,17,19)/t9-/m0/s1. The number of carbonyl (C=O) groups excluding carboxylic acids is 1. The van der Waals surface area contributed by atoms with E-state index in [9.17, 15) is 9.59 Å². The molecule has 1 aliphatic rings. The quantitative estimate of drug-likeness (QED) is 0.895. The number of ether oxygens (including phenoxy) is 1. The second kappa shape index (κ2) is 6.18. The Hall–Kier alpha value is -1.73.